The first-order chi connectivity index (χ1) is 18.3. The zero-order valence-corrected chi connectivity index (χ0v) is 20.9. The number of carbonyl (C=O) groups excluding carboxylic acids is 2. The Bertz CT molecular complexity index is 1540. The van der Waals surface area contributed by atoms with E-state index in [-0.39, 0.29) is 11.8 Å². The summed E-state index contributed by atoms with van der Waals surface area (Å²) in [4.78, 5) is 39.1. The monoisotopic (exact) mass is 517 g/mol. The highest BCUT2D eigenvalue weighted by Crippen LogP contribution is 2.47. The van der Waals surface area contributed by atoms with Crippen molar-refractivity contribution < 1.29 is 28.2 Å². The molecule has 11 heteroatoms. The topological polar surface area (TPSA) is 125 Å². The number of aryl methyl sites for hydroxylation is 1. The first-order valence-electron chi connectivity index (χ1n) is 11.7. The predicted octanol–water partition coefficient (Wildman–Crippen LogP) is 4.64. The van der Waals surface area contributed by atoms with Gasteiger partial charge in [-0.2, -0.15) is 0 Å². The molecule has 5 rings (SSSR count). The number of carbonyl (C=O) groups is 2. The van der Waals surface area contributed by atoms with Crippen molar-refractivity contribution in [3.8, 4) is 23.3 Å². The highest BCUT2D eigenvalue weighted by Gasteiger charge is 2.56. The number of ether oxygens (including phenoxy) is 3. The number of hydrogen-bond acceptors (Lipinski definition) is 8. The number of anilines is 2. The second-order valence-corrected chi connectivity index (χ2v) is 8.76. The number of pyridine rings is 3. The Morgan fingerprint density at radius 1 is 0.921 bits per heavy atom. The minimum absolute atomic E-state index is 0.278. The zero-order valence-electron chi connectivity index (χ0n) is 20.9. The van der Waals surface area contributed by atoms with E-state index in [0.717, 1.165) is 0 Å². The fourth-order valence-corrected chi connectivity index (χ4v) is 3.93. The Labute approximate surface area is 217 Å². The van der Waals surface area contributed by atoms with Crippen molar-refractivity contribution in [3.63, 3.8) is 0 Å². The minimum Gasteiger partial charge on any atom is -0.491 e. The minimum atomic E-state index is -1.18. The van der Waals surface area contributed by atoms with Crippen LogP contribution in [0.5, 0.6) is 23.3 Å². The van der Waals surface area contributed by atoms with E-state index in [2.05, 4.69) is 25.6 Å². The van der Waals surface area contributed by atoms with Crippen LogP contribution in [0.15, 0.2) is 54.7 Å². The number of methoxy groups -OCH3 is 2. The summed E-state index contributed by atoms with van der Waals surface area (Å²) in [5.41, 5.74) is 1.20. The number of halogens is 1. The summed E-state index contributed by atoms with van der Waals surface area (Å²) in [6.07, 6.45) is 2.41. The van der Waals surface area contributed by atoms with E-state index < -0.39 is 23.0 Å². The molecule has 4 aromatic rings. The summed E-state index contributed by atoms with van der Waals surface area (Å²) < 4.78 is 29.7. The quantitative estimate of drug-likeness (QED) is 0.324. The molecule has 2 N–H and O–H groups in total. The second kappa shape index (κ2) is 9.92. The molecule has 0 atom stereocenters. The number of nitrogens with zero attached hydrogens (tertiary/aromatic N) is 3. The summed E-state index contributed by atoms with van der Waals surface area (Å²) in [7, 11) is 3.01. The van der Waals surface area contributed by atoms with E-state index in [4.69, 9.17) is 14.2 Å². The normalized spacial score (nSPS) is 13.5. The van der Waals surface area contributed by atoms with E-state index in [1.54, 1.807) is 37.4 Å². The Morgan fingerprint density at radius 2 is 1.66 bits per heavy atom. The molecule has 1 fully saturated rings. The number of fused-ring (bicyclic) bond motifs is 1. The lowest BCUT2D eigenvalue weighted by Gasteiger charge is -2.17. The number of nitrogens with one attached hydrogen (secondary N) is 2. The van der Waals surface area contributed by atoms with Crippen LogP contribution in [-0.2, 0) is 9.59 Å². The molecular weight excluding hydrogens is 493 g/mol. The van der Waals surface area contributed by atoms with Crippen LogP contribution in [0.3, 0.4) is 0 Å². The summed E-state index contributed by atoms with van der Waals surface area (Å²) in [6.45, 7) is 1.72. The van der Waals surface area contributed by atoms with Crippen LogP contribution < -0.4 is 24.8 Å². The van der Waals surface area contributed by atoms with Crippen molar-refractivity contribution in [3.05, 3.63) is 66.2 Å². The highest BCUT2D eigenvalue weighted by atomic mass is 19.1. The Kier molecular flexibility index (Phi) is 6.50. The zero-order chi connectivity index (χ0) is 26.9. The Hall–Kier alpha value is -4.80. The van der Waals surface area contributed by atoms with Crippen molar-refractivity contribution >= 4 is 34.2 Å². The third-order valence-electron chi connectivity index (χ3n) is 6.27. The van der Waals surface area contributed by atoms with Crippen LogP contribution >= 0.6 is 0 Å². The third-order valence-corrected chi connectivity index (χ3v) is 6.27. The van der Waals surface area contributed by atoms with Gasteiger partial charge in [0.05, 0.1) is 31.1 Å². The maximum absolute atomic E-state index is 13.1. The SMILES string of the molecule is COc1cc2nccc(Oc3ccc(NC(=O)C4(C(=O)Nc5ccc(F)cc5)CC4)c(C)n3)c2nc1OC. The predicted molar refractivity (Wildman–Crippen MR) is 137 cm³/mol. The molecule has 1 saturated carbocycles. The van der Waals surface area contributed by atoms with Gasteiger partial charge in [0.1, 0.15) is 16.7 Å². The molecule has 194 valence electrons. The molecular formula is C27H24FN5O5. The van der Waals surface area contributed by atoms with E-state index in [0.29, 0.717) is 52.4 Å². The van der Waals surface area contributed by atoms with Gasteiger partial charge >= 0.3 is 0 Å². The van der Waals surface area contributed by atoms with Crippen molar-refractivity contribution in [2.24, 2.45) is 5.41 Å². The number of aromatic nitrogens is 3. The molecule has 2 amide bonds. The summed E-state index contributed by atoms with van der Waals surface area (Å²) in [6, 6.07) is 12.0. The van der Waals surface area contributed by atoms with Gasteiger partial charge in [0.15, 0.2) is 11.5 Å². The van der Waals surface area contributed by atoms with E-state index in [9.17, 15) is 14.0 Å². The van der Waals surface area contributed by atoms with Crippen molar-refractivity contribution in [2.75, 3.05) is 24.9 Å². The Balaban J connectivity index is 1.31. The summed E-state index contributed by atoms with van der Waals surface area (Å²) in [5, 5.41) is 5.50. The maximum Gasteiger partial charge on any atom is 0.257 e. The van der Waals surface area contributed by atoms with Gasteiger partial charge in [-0.1, -0.05) is 0 Å². The van der Waals surface area contributed by atoms with Crippen LogP contribution in [0, 0.1) is 18.2 Å². The van der Waals surface area contributed by atoms with E-state index in [1.165, 1.54) is 38.5 Å². The lowest BCUT2D eigenvalue weighted by Crippen LogP contribution is -2.35. The molecule has 10 nitrogen and oxygen atoms in total. The molecule has 0 spiro atoms. The van der Waals surface area contributed by atoms with Gasteiger partial charge < -0.3 is 24.8 Å². The number of benzene rings is 1. The molecule has 1 aliphatic carbocycles. The van der Waals surface area contributed by atoms with E-state index in [1.807, 2.05) is 0 Å². The highest BCUT2D eigenvalue weighted by molar-refractivity contribution is 6.17. The molecule has 0 bridgehead atoms. The molecule has 0 saturated heterocycles. The molecule has 38 heavy (non-hydrogen) atoms. The Morgan fingerprint density at radius 3 is 2.32 bits per heavy atom. The molecule has 1 aliphatic rings. The first-order valence-corrected chi connectivity index (χ1v) is 11.7. The van der Waals surface area contributed by atoms with Crippen LogP contribution in [0.1, 0.15) is 18.5 Å². The van der Waals surface area contributed by atoms with Gasteiger partial charge in [-0.15, -0.1) is 0 Å². The third kappa shape index (κ3) is 4.77. The lowest BCUT2D eigenvalue weighted by atomic mass is 10.0. The van der Waals surface area contributed by atoms with Gasteiger partial charge in [0.2, 0.25) is 17.7 Å². The van der Waals surface area contributed by atoms with Crippen LogP contribution in [0.4, 0.5) is 15.8 Å². The lowest BCUT2D eigenvalue weighted by molar-refractivity contribution is -0.131. The van der Waals surface area contributed by atoms with Crippen LogP contribution in [0.2, 0.25) is 0 Å². The van der Waals surface area contributed by atoms with Gasteiger partial charge in [-0.05, 0) is 50.1 Å². The van der Waals surface area contributed by atoms with Crippen LogP contribution in [0.25, 0.3) is 11.0 Å². The number of hydrogen-bond donors (Lipinski definition) is 2. The van der Waals surface area contributed by atoms with Gasteiger partial charge in [-0.25, -0.2) is 14.4 Å². The standard InChI is InChI=1S/C27H24FN5O5/c1-15-18(32-26(35)27(11-12-27)25(34)31-17-6-4-16(28)5-7-17)8-9-22(30-15)38-20-10-13-29-19-14-21(36-2)24(37-3)33-23(19)20/h4-10,13-14H,11-12H2,1-3H3,(H,31,34)(H,32,35). The fourth-order valence-electron chi connectivity index (χ4n) is 3.93. The largest absolute Gasteiger partial charge is 0.491 e. The van der Waals surface area contributed by atoms with Gasteiger partial charge in [0, 0.05) is 30.1 Å². The molecule has 0 radical (unpaired) electrons. The number of rotatable bonds is 8. The maximum atomic E-state index is 13.1. The van der Waals surface area contributed by atoms with Crippen molar-refractivity contribution in [1.29, 1.82) is 0 Å². The average molecular weight is 518 g/mol. The summed E-state index contributed by atoms with van der Waals surface area (Å²) >= 11 is 0. The van der Waals surface area contributed by atoms with Crippen molar-refractivity contribution in [2.45, 2.75) is 19.8 Å². The molecule has 3 heterocycles. The summed E-state index contributed by atoms with van der Waals surface area (Å²) in [5.74, 6) is 0.146. The van der Waals surface area contributed by atoms with E-state index >= 15 is 0 Å². The molecule has 0 aliphatic heterocycles. The van der Waals surface area contributed by atoms with Crippen LogP contribution in [-0.4, -0.2) is 41.0 Å². The van der Waals surface area contributed by atoms with Crippen molar-refractivity contribution in [1.82, 2.24) is 15.0 Å². The molecule has 0 unspecified atom stereocenters. The number of amides is 2. The van der Waals surface area contributed by atoms with Gasteiger partial charge in [0.25, 0.3) is 5.88 Å². The average Bonchev–Trinajstić information content (AvgIpc) is 3.73. The molecule has 1 aromatic carbocycles. The van der Waals surface area contributed by atoms with Gasteiger partial charge in [-0.3, -0.25) is 14.6 Å². The smallest absolute Gasteiger partial charge is 0.257 e. The first kappa shape index (κ1) is 24.9. The molecule has 3 aromatic heterocycles. The second-order valence-electron chi connectivity index (χ2n) is 8.76. The fraction of sp³-hybridized carbons (Fsp3) is 0.222.